The Morgan fingerprint density at radius 2 is 2.22 bits per heavy atom. The summed E-state index contributed by atoms with van der Waals surface area (Å²) in [6.07, 6.45) is 5.53. The van der Waals surface area contributed by atoms with E-state index in [0.29, 0.717) is 19.5 Å². The van der Waals surface area contributed by atoms with E-state index in [9.17, 15) is 8.42 Å². The highest BCUT2D eigenvalue weighted by atomic mass is 32.2. The number of rotatable bonds is 5. The third kappa shape index (κ3) is 2.88. The number of aryl methyl sites for hydroxylation is 1. The summed E-state index contributed by atoms with van der Waals surface area (Å²) in [6, 6.07) is 3.86. The Hall–Kier alpha value is -1.40. The Kier molecular flexibility index (Phi) is 3.68. The van der Waals surface area contributed by atoms with Crippen molar-refractivity contribution in [1.29, 1.82) is 0 Å². The molecule has 0 radical (unpaired) electrons. The first kappa shape index (κ1) is 13.0. The quantitative estimate of drug-likeness (QED) is 0.874. The average molecular weight is 267 g/mol. The van der Waals surface area contributed by atoms with Crippen LogP contribution in [0.5, 0.6) is 0 Å². The highest BCUT2D eigenvalue weighted by Gasteiger charge is 2.08. The highest BCUT2D eigenvalue weighted by Crippen LogP contribution is 2.19. The summed E-state index contributed by atoms with van der Waals surface area (Å²) in [4.78, 5) is 4.32. The molecule has 0 bridgehead atoms. The molecular formula is C12H17N3O2S. The topological polar surface area (TPSA) is 78.0 Å². The summed E-state index contributed by atoms with van der Waals surface area (Å²) < 4.78 is 24.2. The molecule has 0 aliphatic heterocycles. The number of aromatic nitrogens is 2. The lowest BCUT2D eigenvalue weighted by Gasteiger charge is -2.03. The third-order valence-corrected chi connectivity index (χ3v) is 3.88. The van der Waals surface area contributed by atoms with E-state index in [1.54, 1.807) is 6.20 Å². The first-order valence-electron chi connectivity index (χ1n) is 5.82. The van der Waals surface area contributed by atoms with Gasteiger partial charge < -0.3 is 10.3 Å². The van der Waals surface area contributed by atoms with Crippen LogP contribution in [0.15, 0.2) is 24.5 Å². The summed E-state index contributed by atoms with van der Waals surface area (Å²) in [7, 11) is -2.90. The molecule has 98 valence electrons. The maximum atomic E-state index is 11.1. The molecule has 2 aromatic heterocycles. The molecule has 5 nitrogen and oxygen atoms in total. The number of hydrogen-bond donors (Lipinski definition) is 1. The zero-order valence-electron chi connectivity index (χ0n) is 10.3. The molecular weight excluding hydrogens is 250 g/mol. The Morgan fingerprint density at radius 3 is 2.89 bits per heavy atom. The number of fused-ring (bicyclic) bond motifs is 1. The molecule has 2 aromatic rings. The molecule has 2 N–H and O–H groups in total. The van der Waals surface area contributed by atoms with Gasteiger partial charge in [-0.3, -0.25) is 0 Å². The van der Waals surface area contributed by atoms with Crippen LogP contribution < -0.4 is 5.73 Å². The van der Waals surface area contributed by atoms with E-state index in [1.165, 1.54) is 6.26 Å². The van der Waals surface area contributed by atoms with Crippen LogP contribution in [-0.2, 0) is 22.9 Å². The van der Waals surface area contributed by atoms with Gasteiger partial charge in [0.05, 0.1) is 5.75 Å². The van der Waals surface area contributed by atoms with Crippen molar-refractivity contribution in [3.8, 4) is 0 Å². The molecule has 0 spiro atoms. The van der Waals surface area contributed by atoms with Crippen LogP contribution in [0.25, 0.3) is 11.0 Å². The Balaban J connectivity index is 2.23. The molecule has 0 atom stereocenters. The van der Waals surface area contributed by atoms with Crippen molar-refractivity contribution in [2.75, 3.05) is 12.0 Å². The zero-order chi connectivity index (χ0) is 13.2. The number of pyridine rings is 1. The van der Waals surface area contributed by atoms with Crippen LogP contribution in [0.1, 0.15) is 12.0 Å². The van der Waals surface area contributed by atoms with Crippen molar-refractivity contribution in [1.82, 2.24) is 9.55 Å². The molecule has 0 unspecified atom stereocenters. The van der Waals surface area contributed by atoms with Gasteiger partial charge in [-0.15, -0.1) is 0 Å². The predicted molar refractivity (Wildman–Crippen MR) is 72.0 cm³/mol. The average Bonchev–Trinajstić information content (AvgIpc) is 2.66. The fraction of sp³-hybridized carbons (Fsp3) is 0.417. The van der Waals surface area contributed by atoms with Crippen LogP contribution in [0.4, 0.5) is 0 Å². The minimum absolute atomic E-state index is 0.192. The first-order valence-corrected chi connectivity index (χ1v) is 7.88. The number of nitrogens with two attached hydrogens (primary N) is 1. The summed E-state index contributed by atoms with van der Waals surface area (Å²) in [5, 5.41) is 1.04. The summed E-state index contributed by atoms with van der Waals surface area (Å²) in [5.74, 6) is 0.192. The molecule has 6 heteroatoms. The lowest BCUT2D eigenvalue weighted by molar-refractivity contribution is 0.593. The number of nitrogens with zero attached hydrogens (tertiary/aromatic N) is 2. The molecule has 2 rings (SSSR count). The van der Waals surface area contributed by atoms with Gasteiger partial charge in [0, 0.05) is 37.1 Å². The van der Waals surface area contributed by atoms with Crippen molar-refractivity contribution >= 4 is 20.9 Å². The van der Waals surface area contributed by atoms with Gasteiger partial charge in [0.1, 0.15) is 15.5 Å². The fourth-order valence-corrected chi connectivity index (χ4v) is 2.68. The van der Waals surface area contributed by atoms with Gasteiger partial charge in [-0.2, -0.15) is 0 Å². The SMILES string of the molecule is CS(=O)(=O)CCCn1cc(CN)c2cccnc21. The van der Waals surface area contributed by atoms with E-state index in [0.717, 1.165) is 16.6 Å². The summed E-state index contributed by atoms with van der Waals surface area (Å²) in [6.45, 7) is 1.10. The zero-order valence-corrected chi connectivity index (χ0v) is 11.2. The van der Waals surface area contributed by atoms with Crippen LogP contribution in [0, 0.1) is 0 Å². The van der Waals surface area contributed by atoms with E-state index >= 15 is 0 Å². The first-order chi connectivity index (χ1) is 8.51. The van der Waals surface area contributed by atoms with Gasteiger partial charge in [-0.1, -0.05) is 0 Å². The van der Waals surface area contributed by atoms with Crippen LogP contribution in [0.2, 0.25) is 0 Å². The lowest BCUT2D eigenvalue weighted by atomic mass is 10.2. The van der Waals surface area contributed by atoms with Crippen molar-refractivity contribution in [3.63, 3.8) is 0 Å². The maximum absolute atomic E-state index is 11.1. The minimum atomic E-state index is -2.90. The van der Waals surface area contributed by atoms with E-state index in [-0.39, 0.29) is 5.75 Å². The molecule has 18 heavy (non-hydrogen) atoms. The number of hydrogen-bond acceptors (Lipinski definition) is 4. The lowest BCUT2D eigenvalue weighted by Crippen LogP contribution is -2.07. The number of sulfone groups is 1. The van der Waals surface area contributed by atoms with Gasteiger partial charge in [-0.05, 0) is 24.1 Å². The Labute approximate surface area is 107 Å². The largest absolute Gasteiger partial charge is 0.332 e. The van der Waals surface area contributed by atoms with E-state index in [4.69, 9.17) is 5.73 Å². The normalized spacial score (nSPS) is 12.1. The highest BCUT2D eigenvalue weighted by molar-refractivity contribution is 7.90. The summed E-state index contributed by atoms with van der Waals surface area (Å²) in [5.41, 5.74) is 7.60. The van der Waals surface area contributed by atoms with Crippen LogP contribution in [-0.4, -0.2) is 30.0 Å². The van der Waals surface area contributed by atoms with Crippen molar-refractivity contribution in [2.24, 2.45) is 5.73 Å². The second kappa shape index (κ2) is 5.07. The molecule has 0 aliphatic rings. The molecule has 0 aliphatic carbocycles. The monoisotopic (exact) mass is 267 g/mol. The van der Waals surface area contributed by atoms with Gasteiger partial charge in [0.25, 0.3) is 0 Å². The van der Waals surface area contributed by atoms with Crippen LogP contribution in [0.3, 0.4) is 0 Å². The Morgan fingerprint density at radius 1 is 1.44 bits per heavy atom. The maximum Gasteiger partial charge on any atom is 0.147 e. The van der Waals surface area contributed by atoms with Crippen molar-refractivity contribution in [3.05, 3.63) is 30.1 Å². The van der Waals surface area contributed by atoms with E-state index in [1.807, 2.05) is 22.9 Å². The van der Waals surface area contributed by atoms with Crippen LogP contribution >= 0.6 is 0 Å². The fourth-order valence-electron chi connectivity index (χ4n) is 2.03. The van der Waals surface area contributed by atoms with Gasteiger partial charge in [0.15, 0.2) is 0 Å². The molecule has 0 amide bonds. The molecule has 2 heterocycles. The minimum Gasteiger partial charge on any atom is -0.332 e. The standard InChI is InChI=1S/C12H17N3O2S/c1-18(16,17)7-3-6-15-9-10(8-13)11-4-2-5-14-12(11)15/h2,4-5,9H,3,6-8,13H2,1H3. The molecule has 0 fully saturated rings. The molecule has 0 aromatic carbocycles. The van der Waals surface area contributed by atoms with E-state index in [2.05, 4.69) is 4.98 Å². The van der Waals surface area contributed by atoms with Gasteiger partial charge >= 0.3 is 0 Å². The smallest absolute Gasteiger partial charge is 0.147 e. The molecule has 0 saturated carbocycles. The summed E-state index contributed by atoms with van der Waals surface area (Å²) >= 11 is 0. The van der Waals surface area contributed by atoms with Crippen molar-refractivity contribution < 1.29 is 8.42 Å². The van der Waals surface area contributed by atoms with Crippen molar-refractivity contribution in [2.45, 2.75) is 19.5 Å². The van der Waals surface area contributed by atoms with Gasteiger partial charge in [0.2, 0.25) is 0 Å². The third-order valence-electron chi connectivity index (χ3n) is 2.85. The molecule has 0 saturated heterocycles. The van der Waals surface area contributed by atoms with Gasteiger partial charge in [-0.25, -0.2) is 13.4 Å². The second-order valence-corrected chi connectivity index (χ2v) is 6.67. The second-order valence-electron chi connectivity index (χ2n) is 4.41. The van der Waals surface area contributed by atoms with E-state index < -0.39 is 9.84 Å². The predicted octanol–water partition coefficient (Wildman–Crippen LogP) is 0.930. The Bertz CT molecular complexity index is 646.